The molecular weight excluding hydrogens is 244 g/mol. The number of ether oxygens (including phenoxy) is 1. The van der Waals surface area contributed by atoms with Gasteiger partial charge in [0, 0.05) is 19.7 Å². The SMILES string of the molecule is Cn1nccc1NC(=O)COc1ccc(CN)cc1. The third-order valence-electron chi connectivity index (χ3n) is 2.62. The molecule has 0 saturated carbocycles. The van der Waals surface area contributed by atoms with Gasteiger partial charge in [0.2, 0.25) is 0 Å². The second kappa shape index (κ2) is 6.01. The molecule has 3 N–H and O–H groups in total. The standard InChI is InChI=1S/C13H16N4O2/c1-17-12(6-7-15-17)16-13(18)9-19-11-4-2-10(8-14)3-5-11/h2-7H,8-9,14H2,1H3,(H,16,18). The first-order valence-electron chi connectivity index (χ1n) is 5.88. The van der Waals surface area contributed by atoms with Gasteiger partial charge in [0.1, 0.15) is 11.6 Å². The van der Waals surface area contributed by atoms with Crippen molar-refractivity contribution in [3.63, 3.8) is 0 Å². The number of carbonyl (C=O) groups is 1. The lowest BCUT2D eigenvalue weighted by atomic mass is 10.2. The Bertz CT molecular complexity index is 548. The Kier molecular flexibility index (Phi) is 4.15. The van der Waals surface area contributed by atoms with Crippen LogP contribution in [-0.2, 0) is 18.4 Å². The van der Waals surface area contributed by atoms with Crippen LogP contribution in [-0.4, -0.2) is 22.3 Å². The highest BCUT2D eigenvalue weighted by molar-refractivity contribution is 5.91. The number of aromatic nitrogens is 2. The lowest BCUT2D eigenvalue weighted by Crippen LogP contribution is -2.21. The molecule has 6 heteroatoms. The predicted molar refractivity (Wildman–Crippen MR) is 71.7 cm³/mol. The highest BCUT2D eigenvalue weighted by atomic mass is 16.5. The van der Waals surface area contributed by atoms with Gasteiger partial charge in [-0.1, -0.05) is 12.1 Å². The van der Waals surface area contributed by atoms with Crippen molar-refractivity contribution < 1.29 is 9.53 Å². The Morgan fingerprint density at radius 3 is 2.68 bits per heavy atom. The molecule has 0 aliphatic rings. The molecule has 100 valence electrons. The molecule has 2 rings (SSSR count). The van der Waals surface area contributed by atoms with Gasteiger partial charge in [0.05, 0.1) is 6.20 Å². The molecule has 0 unspecified atom stereocenters. The third kappa shape index (κ3) is 3.56. The maximum atomic E-state index is 11.7. The normalized spacial score (nSPS) is 10.2. The molecule has 0 bridgehead atoms. The maximum Gasteiger partial charge on any atom is 0.263 e. The van der Waals surface area contributed by atoms with Crippen molar-refractivity contribution in [1.82, 2.24) is 9.78 Å². The van der Waals surface area contributed by atoms with Gasteiger partial charge in [0.15, 0.2) is 6.61 Å². The predicted octanol–water partition coefficient (Wildman–Crippen LogP) is 0.896. The zero-order valence-electron chi connectivity index (χ0n) is 10.7. The molecule has 0 radical (unpaired) electrons. The zero-order chi connectivity index (χ0) is 13.7. The van der Waals surface area contributed by atoms with Gasteiger partial charge < -0.3 is 15.8 Å². The van der Waals surface area contributed by atoms with Crippen molar-refractivity contribution >= 4 is 11.7 Å². The number of rotatable bonds is 5. The number of nitrogens with zero attached hydrogens (tertiary/aromatic N) is 2. The molecule has 0 spiro atoms. The lowest BCUT2D eigenvalue weighted by molar-refractivity contribution is -0.118. The number of amides is 1. The number of aryl methyl sites for hydroxylation is 1. The van der Waals surface area contributed by atoms with E-state index in [-0.39, 0.29) is 12.5 Å². The van der Waals surface area contributed by atoms with E-state index in [0.717, 1.165) is 5.56 Å². The van der Waals surface area contributed by atoms with Crippen molar-refractivity contribution in [2.45, 2.75) is 6.54 Å². The summed E-state index contributed by atoms with van der Waals surface area (Å²) in [5.41, 5.74) is 6.52. The van der Waals surface area contributed by atoms with Crippen LogP contribution in [0.15, 0.2) is 36.5 Å². The van der Waals surface area contributed by atoms with Gasteiger partial charge in [-0.05, 0) is 17.7 Å². The molecule has 2 aromatic rings. The fourth-order valence-corrected chi connectivity index (χ4v) is 1.55. The minimum Gasteiger partial charge on any atom is -0.484 e. The Morgan fingerprint density at radius 1 is 1.37 bits per heavy atom. The van der Waals surface area contributed by atoms with E-state index >= 15 is 0 Å². The van der Waals surface area contributed by atoms with Gasteiger partial charge in [0.25, 0.3) is 5.91 Å². The van der Waals surface area contributed by atoms with Crippen molar-refractivity contribution in [2.24, 2.45) is 12.8 Å². The number of hydrogen-bond acceptors (Lipinski definition) is 4. The molecule has 1 heterocycles. The number of hydrogen-bond donors (Lipinski definition) is 2. The maximum absolute atomic E-state index is 11.7. The average molecular weight is 260 g/mol. The summed E-state index contributed by atoms with van der Waals surface area (Å²) in [5, 5.41) is 6.66. The number of benzene rings is 1. The molecule has 6 nitrogen and oxygen atoms in total. The highest BCUT2D eigenvalue weighted by Crippen LogP contribution is 2.12. The first-order valence-corrected chi connectivity index (χ1v) is 5.88. The molecule has 0 atom stereocenters. The summed E-state index contributed by atoms with van der Waals surface area (Å²) in [4.78, 5) is 11.7. The number of nitrogens with one attached hydrogen (secondary N) is 1. The summed E-state index contributed by atoms with van der Waals surface area (Å²) in [6.45, 7) is 0.439. The van der Waals surface area contributed by atoms with Crippen molar-refractivity contribution in [3.05, 3.63) is 42.1 Å². The summed E-state index contributed by atoms with van der Waals surface area (Å²) in [7, 11) is 1.75. The summed E-state index contributed by atoms with van der Waals surface area (Å²) < 4.78 is 6.95. The van der Waals surface area contributed by atoms with Crippen LogP contribution in [0.2, 0.25) is 0 Å². The molecule has 0 aliphatic heterocycles. The van der Waals surface area contributed by atoms with Gasteiger partial charge >= 0.3 is 0 Å². The fourth-order valence-electron chi connectivity index (χ4n) is 1.55. The van der Waals surface area contributed by atoms with Crippen LogP contribution in [0.1, 0.15) is 5.56 Å². The minimum absolute atomic E-state index is 0.0485. The van der Waals surface area contributed by atoms with Crippen LogP contribution in [0.25, 0.3) is 0 Å². The van der Waals surface area contributed by atoms with E-state index in [1.165, 1.54) is 0 Å². The third-order valence-corrected chi connectivity index (χ3v) is 2.62. The van der Waals surface area contributed by atoms with Crippen LogP contribution in [0.3, 0.4) is 0 Å². The van der Waals surface area contributed by atoms with Crippen LogP contribution in [0.4, 0.5) is 5.82 Å². The van der Waals surface area contributed by atoms with Gasteiger partial charge in [-0.15, -0.1) is 0 Å². The molecule has 0 saturated heterocycles. The summed E-state index contributed by atoms with van der Waals surface area (Å²) in [6.07, 6.45) is 1.61. The lowest BCUT2D eigenvalue weighted by Gasteiger charge is -2.08. The Morgan fingerprint density at radius 2 is 2.11 bits per heavy atom. The van der Waals surface area contributed by atoms with E-state index in [9.17, 15) is 4.79 Å². The second-order valence-electron chi connectivity index (χ2n) is 4.02. The number of carbonyl (C=O) groups excluding carboxylic acids is 1. The molecule has 1 aromatic carbocycles. The fraction of sp³-hybridized carbons (Fsp3) is 0.231. The van der Waals surface area contributed by atoms with Crippen molar-refractivity contribution in [2.75, 3.05) is 11.9 Å². The van der Waals surface area contributed by atoms with Gasteiger partial charge in [-0.2, -0.15) is 5.10 Å². The smallest absolute Gasteiger partial charge is 0.263 e. The van der Waals surface area contributed by atoms with Crippen LogP contribution in [0, 0.1) is 0 Å². The summed E-state index contributed by atoms with van der Waals surface area (Å²) in [5.74, 6) is 1.04. The van der Waals surface area contributed by atoms with E-state index in [0.29, 0.717) is 18.1 Å². The summed E-state index contributed by atoms with van der Waals surface area (Å²) >= 11 is 0. The van der Waals surface area contributed by atoms with Crippen molar-refractivity contribution in [1.29, 1.82) is 0 Å². The quantitative estimate of drug-likeness (QED) is 0.836. The van der Waals surface area contributed by atoms with E-state index in [1.807, 2.05) is 12.1 Å². The average Bonchev–Trinajstić information content (AvgIpc) is 2.82. The van der Waals surface area contributed by atoms with Crippen LogP contribution >= 0.6 is 0 Å². The van der Waals surface area contributed by atoms with E-state index in [2.05, 4.69) is 10.4 Å². The number of anilines is 1. The molecule has 1 aromatic heterocycles. The molecule has 1 amide bonds. The largest absolute Gasteiger partial charge is 0.484 e. The summed E-state index contributed by atoms with van der Waals surface area (Å²) in [6, 6.07) is 9.04. The number of nitrogens with two attached hydrogens (primary N) is 1. The first-order chi connectivity index (χ1) is 9.19. The van der Waals surface area contributed by atoms with E-state index in [4.69, 9.17) is 10.5 Å². The highest BCUT2D eigenvalue weighted by Gasteiger charge is 2.06. The van der Waals surface area contributed by atoms with E-state index < -0.39 is 0 Å². The molecule has 19 heavy (non-hydrogen) atoms. The van der Waals surface area contributed by atoms with Crippen LogP contribution < -0.4 is 15.8 Å². The topological polar surface area (TPSA) is 82.2 Å². The first kappa shape index (κ1) is 13.1. The van der Waals surface area contributed by atoms with Gasteiger partial charge in [-0.3, -0.25) is 9.48 Å². The second-order valence-corrected chi connectivity index (χ2v) is 4.02. The Labute approximate surface area is 111 Å². The Balaban J connectivity index is 1.84. The van der Waals surface area contributed by atoms with E-state index in [1.54, 1.807) is 36.1 Å². The van der Waals surface area contributed by atoms with Crippen molar-refractivity contribution in [3.8, 4) is 5.75 Å². The molecule has 0 fully saturated rings. The molecule has 0 aliphatic carbocycles. The minimum atomic E-state index is -0.230. The monoisotopic (exact) mass is 260 g/mol. The van der Waals surface area contributed by atoms with Gasteiger partial charge in [-0.25, -0.2) is 0 Å². The molecular formula is C13H16N4O2. The zero-order valence-corrected chi connectivity index (χ0v) is 10.7. The van der Waals surface area contributed by atoms with Crippen LogP contribution in [0.5, 0.6) is 5.75 Å². The Hall–Kier alpha value is -2.34.